The van der Waals surface area contributed by atoms with Gasteiger partial charge < -0.3 is 14.8 Å². The van der Waals surface area contributed by atoms with Gasteiger partial charge in [0, 0.05) is 11.8 Å². The number of nitrogens with zero attached hydrogens (tertiary/aromatic N) is 1. The third-order valence-corrected chi connectivity index (χ3v) is 4.68. The maximum absolute atomic E-state index is 13.3. The molecule has 0 aliphatic carbocycles. The van der Waals surface area contributed by atoms with Gasteiger partial charge in [0.1, 0.15) is 6.17 Å². The predicted molar refractivity (Wildman–Crippen MR) is 98.6 cm³/mol. The molecule has 2 heterocycles. The summed E-state index contributed by atoms with van der Waals surface area (Å²) in [6, 6.07) is 23.1. The van der Waals surface area contributed by atoms with Crippen LogP contribution in [0.25, 0.3) is 0 Å². The Morgan fingerprint density at radius 1 is 0.885 bits per heavy atom. The van der Waals surface area contributed by atoms with Gasteiger partial charge in [-0.15, -0.1) is 0 Å². The standard InChI is InChI=1S/C21H16N2O3/c24-21-16-8-4-5-9-17(16)22-20(14-6-2-1-3-7-14)23(21)15-10-11-18-19(12-15)26-13-25-18/h1-12,20,22H,13H2/t20-/m0/s1. The summed E-state index contributed by atoms with van der Waals surface area (Å²) in [5.41, 5.74) is 3.25. The highest BCUT2D eigenvalue weighted by atomic mass is 16.7. The molecule has 5 rings (SSSR count). The highest BCUT2D eigenvalue weighted by Gasteiger charge is 2.34. The molecular weight excluding hydrogens is 328 g/mol. The van der Waals surface area contributed by atoms with Crippen molar-refractivity contribution in [2.45, 2.75) is 6.17 Å². The average molecular weight is 344 g/mol. The second kappa shape index (κ2) is 5.81. The van der Waals surface area contributed by atoms with Crippen LogP contribution >= 0.6 is 0 Å². The van der Waals surface area contributed by atoms with E-state index in [1.54, 1.807) is 4.90 Å². The molecule has 0 fully saturated rings. The Hall–Kier alpha value is -3.47. The van der Waals surface area contributed by atoms with Crippen molar-refractivity contribution in [1.29, 1.82) is 0 Å². The highest BCUT2D eigenvalue weighted by molar-refractivity contribution is 6.12. The molecule has 5 nitrogen and oxygen atoms in total. The quantitative estimate of drug-likeness (QED) is 0.757. The van der Waals surface area contributed by atoms with E-state index in [0.717, 1.165) is 16.9 Å². The zero-order valence-corrected chi connectivity index (χ0v) is 13.9. The lowest BCUT2D eigenvalue weighted by molar-refractivity contribution is 0.0975. The van der Waals surface area contributed by atoms with Crippen molar-refractivity contribution < 1.29 is 14.3 Å². The van der Waals surface area contributed by atoms with Gasteiger partial charge in [-0.2, -0.15) is 0 Å². The Kier molecular flexibility index (Phi) is 3.31. The maximum atomic E-state index is 13.3. The molecule has 0 spiro atoms. The molecule has 0 bridgehead atoms. The van der Waals surface area contributed by atoms with E-state index in [2.05, 4.69) is 5.32 Å². The number of carbonyl (C=O) groups excluding carboxylic acids is 1. The lowest BCUT2D eigenvalue weighted by atomic mass is 10.0. The molecule has 128 valence electrons. The van der Waals surface area contributed by atoms with Crippen molar-refractivity contribution in [1.82, 2.24) is 0 Å². The smallest absolute Gasteiger partial charge is 0.262 e. The van der Waals surface area contributed by atoms with Crippen molar-refractivity contribution in [2.24, 2.45) is 0 Å². The van der Waals surface area contributed by atoms with Gasteiger partial charge in [-0.25, -0.2) is 0 Å². The first-order chi connectivity index (χ1) is 12.8. The number of hydrogen-bond acceptors (Lipinski definition) is 4. The predicted octanol–water partition coefficient (Wildman–Crippen LogP) is 4.19. The van der Waals surface area contributed by atoms with E-state index in [1.807, 2.05) is 72.8 Å². The molecule has 2 aliphatic heterocycles. The van der Waals surface area contributed by atoms with Crippen molar-refractivity contribution in [3.8, 4) is 11.5 Å². The minimum atomic E-state index is -0.307. The van der Waals surface area contributed by atoms with E-state index >= 15 is 0 Å². The summed E-state index contributed by atoms with van der Waals surface area (Å²) in [4.78, 5) is 15.1. The molecule has 0 unspecified atom stereocenters. The number of benzene rings is 3. The molecule has 5 heteroatoms. The van der Waals surface area contributed by atoms with Gasteiger partial charge >= 0.3 is 0 Å². The van der Waals surface area contributed by atoms with Crippen LogP contribution in [0.2, 0.25) is 0 Å². The zero-order chi connectivity index (χ0) is 17.5. The van der Waals surface area contributed by atoms with Crippen LogP contribution in [0.3, 0.4) is 0 Å². The molecule has 1 amide bonds. The number of hydrogen-bond donors (Lipinski definition) is 1. The molecule has 0 aromatic heterocycles. The minimum Gasteiger partial charge on any atom is -0.454 e. The van der Waals surface area contributed by atoms with Crippen LogP contribution < -0.4 is 19.7 Å². The van der Waals surface area contributed by atoms with Gasteiger partial charge in [0.15, 0.2) is 11.5 Å². The Labute approximate surface area is 150 Å². The zero-order valence-electron chi connectivity index (χ0n) is 13.9. The summed E-state index contributed by atoms with van der Waals surface area (Å²) >= 11 is 0. The monoisotopic (exact) mass is 344 g/mol. The normalized spacial score (nSPS) is 17.6. The first-order valence-electron chi connectivity index (χ1n) is 8.45. The van der Waals surface area contributed by atoms with Crippen molar-refractivity contribution in [3.63, 3.8) is 0 Å². The van der Waals surface area contributed by atoms with Gasteiger partial charge in [0.05, 0.1) is 11.3 Å². The number of para-hydroxylation sites is 1. The molecule has 2 aliphatic rings. The van der Waals surface area contributed by atoms with Gasteiger partial charge in [-0.1, -0.05) is 42.5 Å². The average Bonchev–Trinajstić information content (AvgIpc) is 3.16. The Bertz CT molecular complexity index is 988. The van der Waals surface area contributed by atoms with E-state index < -0.39 is 0 Å². The number of carbonyl (C=O) groups is 1. The van der Waals surface area contributed by atoms with Crippen LogP contribution in [-0.2, 0) is 0 Å². The largest absolute Gasteiger partial charge is 0.454 e. The summed E-state index contributed by atoms with van der Waals surface area (Å²) in [5.74, 6) is 1.30. The third kappa shape index (κ3) is 2.29. The van der Waals surface area contributed by atoms with E-state index in [9.17, 15) is 4.79 Å². The Morgan fingerprint density at radius 2 is 1.65 bits per heavy atom. The van der Waals surface area contributed by atoms with Crippen LogP contribution in [0.1, 0.15) is 22.1 Å². The fourth-order valence-corrected chi connectivity index (χ4v) is 3.42. The topological polar surface area (TPSA) is 50.8 Å². The lowest BCUT2D eigenvalue weighted by Crippen LogP contribution is -2.43. The molecular formula is C21H16N2O3. The summed E-state index contributed by atoms with van der Waals surface area (Å²) < 4.78 is 10.9. The molecule has 3 aromatic rings. The van der Waals surface area contributed by atoms with E-state index in [1.165, 1.54) is 0 Å². The summed E-state index contributed by atoms with van der Waals surface area (Å²) in [7, 11) is 0. The summed E-state index contributed by atoms with van der Waals surface area (Å²) in [5, 5.41) is 3.49. The molecule has 0 radical (unpaired) electrons. The summed E-state index contributed by atoms with van der Waals surface area (Å²) in [6.45, 7) is 0.204. The second-order valence-corrected chi connectivity index (χ2v) is 6.22. The molecule has 1 atom stereocenters. The molecule has 0 saturated heterocycles. The van der Waals surface area contributed by atoms with E-state index in [0.29, 0.717) is 17.1 Å². The Morgan fingerprint density at radius 3 is 2.54 bits per heavy atom. The van der Waals surface area contributed by atoms with Crippen molar-refractivity contribution in [3.05, 3.63) is 83.9 Å². The van der Waals surface area contributed by atoms with Gasteiger partial charge in [0.2, 0.25) is 6.79 Å². The number of fused-ring (bicyclic) bond motifs is 2. The van der Waals surface area contributed by atoms with Crippen LogP contribution in [-0.4, -0.2) is 12.7 Å². The molecule has 0 saturated carbocycles. The fourth-order valence-electron chi connectivity index (χ4n) is 3.42. The maximum Gasteiger partial charge on any atom is 0.262 e. The SMILES string of the molecule is O=C1c2ccccc2N[C@H](c2ccccc2)N1c1ccc2c(c1)OCO2. The molecule has 3 aromatic carbocycles. The van der Waals surface area contributed by atoms with Gasteiger partial charge in [0.25, 0.3) is 5.91 Å². The van der Waals surface area contributed by atoms with Crippen LogP contribution in [0, 0.1) is 0 Å². The number of amides is 1. The summed E-state index contributed by atoms with van der Waals surface area (Å²) in [6.07, 6.45) is -0.307. The third-order valence-electron chi connectivity index (χ3n) is 4.68. The van der Waals surface area contributed by atoms with E-state index in [4.69, 9.17) is 9.47 Å². The first-order valence-corrected chi connectivity index (χ1v) is 8.45. The fraction of sp³-hybridized carbons (Fsp3) is 0.0952. The first kappa shape index (κ1) is 14.8. The number of ether oxygens (including phenoxy) is 2. The van der Waals surface area contributed by atoms with Crippen molar-refractivity contribution >= 4 is 17.3 Å². The number of anilines is 2. The lowest BCUT2D eigenvalue weighted by Gasteiger charge is -2.38. The van der Waals surface area contributed by atoms with Crippen molar-refractivity contribution in [2.75, 3.05) is 17.0 Å². The second-order valence-electron chi connectivity index (χ2n) is 6.22. The Balaban J connectivity index is 1.65. The van der Waals surface area contributed by atoms with Crippen LogP contribution in [0.15, 0.2) is 72.8 Å². The minimum absolute atomic E-state index is 0.0490. The highest BCUT2D eigenvalue weighted by Crippen LogP contribution is 2.41. The molecule has 26 heavy (non-hydrogen) atoms. The van der Waals surface area contributed by atoms with E-state index in [-0.39, 0.29) is 18.9 Å². The number of rotatable bonds is 2. The van der Waals surface area contributed by atoms with Gasteiger partial charge in [-0.05, 0) is 29.8 Å². The van der Waals surface area contributed by atoms with Crippen LogP contribution in [0.4, 0.5) is 11.4 Å². The molecule has 1 N–H and O–H groups in total. The van der Waals surface area contributed by atoms with Gasteiger partial charge in [-0.3, -0.25) is 9.69 Å². The number of nitrogens with one attached hydrogen (secondary N) is 1. The van der Waals surface area contributed by atoms with Crippen LogP contribution in [0.5, 0.6) is 11.5 Å².